The van der Waals surface area contributed by atoms with Crippen LogP contribution in [0.5, 0.6) is 0 Å². The molecule has 78 valence electrons. The van der Waals surface area contributed by atoms with Crippen molar-refractivity contribution in [1.29, 1.82) is 0 Å². The highest BCUT2D eigenvalue weighted by Gasteiger charge is 2.37. The van der Waals surface area contributed by atoms with Crippen molar-refractivity contribution in [1.82, 2.24) is 5.32 Å². The molecule has 1 fully saturated rings. The van der Waals surface area contributed by atoms with Gasteiger partial charge in [0.2, 0.25) is 0 Å². The molecule has 0 aromatic heterocycles. The van der Waals surface area contributed by atoms with Crippen molar-refractivity contribution in [3.05, 3.63) is 0 Å². The van der Waals surface area contributed by atoms with E-state index in [-0.39, 0.29) is 5.54 Å². The number of rotatable bonds is 4. The molecule has 3 nitrogen and oxygen atoms in total. The first-order valence-electron chi connectivity index (χ1n) is 4.97. The number of nitrogens with one attached hydrogen (secondary N) is 1. The number of hydrogen-bond acceptors (Lipinski definition) is 3. The minimum Gasteiger partial charge on any atom is -0.383 e. The van der Waals surface area contributed by atoms with Crippen molar-refractivity contribution < 1.29 is 9.47 Å². The molecule has 1 aliphatic heterocycles. The molecule has 0 spiro atoms. The molecule has 0 saturated carbocycles. The van der Waals surface area contributed by atoms with Crippen molar-refractivity contribution >= 4 is 0 Å². The van der Waals surface area contributed by atoms with Crippen LogP contribution in [-0.4, -0.2) is 38.0 Å². The SMILES string of the molecule is COCC(C)NC1(C)CCOC1C. The van der Waals surface area contributed by atoms with Crippen LogP contribution >= 0.6 is 0 Å². The molecule has 1 N–H and O–H groups in total. The lowest BCUT2D eigenvalue weighted by molar-refractivity contribution is 0.0765. The zero-order valence-corrected chi connectivity index (χ0v) is 9.09. The lowest BCUT2D eigenvalue weighted by Crippen LogP contribution is -2.52. The van der Waals surface area contributed by atoms with Crippen molar-refractivity contribution in [3.8, 4) is 0 Å². The summed E-state index contributed by atoms with van der Waals surface area (Å²) in [6.07, 6.45) is 1.38. The van der Waals surface area contributed by atoms with Crippen LogP contribution < -0.4 is 5.32 Å². The third kappa shape index (κ3) is 2.66. The summed E-state index contributed by atoms with van der Waals surface area (Å²) in [6, 6.07) is 0.388. The van der Waals surface area contributed by atoms with Gasteiger partial charge < -0.3 is 14.8 Å². The maximum atomic E-state index is 5.54. The molecule has 0 aromatic carbocycles. The summed E-state index contributed by atoms with van der Waals surface area (Å²) in [5.74, 6) is 0. The molecule has 1 saturated heterocycles. The molecule has 0 amide bonds. The number of methoxy groups -OCH3 is 1. The quantitative estimate of drug-likeness (QED) is 0.717. The van der Waals surface area contributed by atoms with Crippen molar-refractivity contribution in [2.45, 2.75) is 44.9 Å². The second-order valence-corrected chi connectivity index (χ2v) is 4.18. The first-order valence-corrected chi connectivity index (χ1v) is 4.97. The van der Waals surface area contributed by atoms with E-state index in [4.69, 9.17) is 9.47 Å². The molecular formula is C10H21NO2. The van der Waals surface area contributed by atoms with Gasteiger partial charge in [-0.1, -0.05) is 0 Å². The molecule has 13 heavy (non-hydrogen) atoms. The van der Waals surface area contributed by atoms with Crippen LogP contribution in [-0.2, 0) is 9.47 Å². The fraction of sp³-hybridized carbons (Fsp3) is 1.00. The first-order chi connectivity index (χ1) is 6.08. The van der Waals surface area contributed by atoms with Crippen molar-refractivity contribution in [2.75, 3.05) is 20.3 Å². The van der Waals surface area contributed by atoms with Gasteiger partial charge in [0.15, 0.2) is 0 Å². The Labute approximate surface area is 80.8 Å². The molecule has 3 unspecified atom stereocenters. The standard InChI is InChI=1S/C10H21NO2/c1-8(7-12-4)11-10(3)5-6-13-9(10)2/h8-9,11H,5-7H2,1-4H3. The fourth-order valence-electron chi connectivity index (χ4n) is 1.88. The van der Waals surface area contributed by atoms with E-state index in [2.05, 4.69) is 26.1 Å². The smallest absolute Gasteiger partial charge is 0.0726 e. The number of ether oxygens (including phenoxy) is 2. The minimum atomic E-state index is 0.123. The summed E-state index contributed by atoms with van der Waals surface area (Å²) < 4.78 is 10.6. The summed E-state index contributed by atoms with van der Waals surface area (Å²) in [4.78, 5) is 0. The highest BCUT2D eigenvalue weighted by atomic mass is 16.5. The molecule has 1 heterocycles. The van der Waals surface area contributed by atoms with E-state index in [1.807, 2.05) is 0 Å². The van der Waals surface area contributed by atoms with Crippen LogP contribution in [0.25, 0.3) is 0 Å². The normalized spacial score (nSPS) is 36.5. The van der Waals surface area contributed by atoms with Gasteiger partial charge in [-0.25, -0.2) is 0 Å². The minimum absolute atomic E-state index is 0.123. The van der Waals surface area contributed by atoms with Crippen LogP contribution in [0.1, 0.15) is 27.2 Å². The van der Waals surface area contributed by atoms with Gasteiger partial charge in [0.05, 0.1) is 12.7 Å². The van der Waals surface area contributed by atoms with Gasteiger partial charge in [-0.05, 0) is 27.2 Å². The second-order valence-electron chi connectivity index (χ2n) is 4.18. The van der Waals surface area contributed by atoms with Gasteiger partial charge in [0.25, 0.3) is 0 Å². The molecular weight excluding hydrogens is 166 g/mol. The Morgan fingerprint density at radius 3 is 2.85 bits per heavy atom. The molecule has 0 bridgehead atoms. The van der Waals surface area contributed by atoms with E-state index in [0.29, 0.717) is 12.1 Å². The molecule has 3 atom stereocenters. The Balaban J connectivity index is 2.41. The predicted molar refractivity (Wildman–Crippen MR) is 52.9 cm³/mol. The van der Waals surface area contributed by atoms with Crippen LogP contribution in [0.4, 0.5) is 0 Å². The zero-order chi connectivity index (χ0) is 9.90. The largest absolute Gasteiger partial charge is 0.383 e. The maximum Gasteiger partial charge on any atom is 0.0726 e. The van der Waals surface area contributed by atoms with Crippen LogP contribution in [0.15, 0.2) is 0 Å². The summed E-state index contributed by atoms with van der Waals surface area (Å²) >= 11 is 0. The third-order valence-corrected chi connectivity index (χ3v) is 2.88. The molecule has 1 aliphatic rings. The highest BCUT2D eigenvalue weighted by Crippen LogP contribution is 2.25. The van der Waals surface area contributed by atoms with E-state index in [1.165, 1.54) is 0 Å². The topological polar surface area (TPSA) is 30.5 Å². The monoisotopic (exact) mass is 187 g/mol. The van der Waals surface area contributed by atoms with E-state index in [1.54, 1.807) is 7.11 Å². The first kappa shape index (κ1) is 11.0. The lowest BCUT2D eigenvalue weighted by Gasteiger charge is -2.32. The van der Waals surface area contributed by atoms with Crippen LogP contribution in [0.3, 0.4) is 0 Å². The average molecular weight is 187 g/mol. The van der Waals surface area contributed by atoms with Gasteiger partial charge in [-0.2, -0.15) is 0 Å². The summed E-state index contributed by atoms with van der Waals surface area (Å²) in [5.41, 5.74) is 0.123. The Bertz CT molecular complexity index is 163. The second kappa shape index (κ2) is 4.40. The van der Waals surface area contributed by atoms with Crippen LogP contribution in [0, 0.1) is 0 Å². The van der Waals surface area contributed by atoms with E-state index in [0.717, 1.165) is 19.6 Å². The number of hydrogen-bond donors (Lipinski definition) is 1. The summed E-state index contributed by atoms with van der Waals surface area (Å²) in [5, 5.41) is 3.56. The lowest BCUT2D eigenvalue weighted by atomic mass is 9.94. The van der Waals surface area contributed by atoms with Gasteiger partial charge in [0.1, 0.15) is 0 Å². The maximum absolute atomic E-state index is 5.54. The van der Waals surface area contributed by atoms with Crippen molar-refractivity contribution in [2.24, 2.45) is 0 Å². The fourth-order valence-corrected chi connectivity index (χ4v) is 1.88. The zero-order valence-electron chi connectivity index (χ0n) is 9.09. The predicted octanol–water partition coefficient (Wildman–Crippen LogP) is 1.18. The Morgan fingerprint density at radius 2 is 2.38 bits per heavy atom. The van der Waals surface area contributed by atoms with Crippen LogP contribution in [0.2, 0.25) is 0 Å². The molecule has 0 aliphatic carbocycles. The van der Waals surface area contributed by atoms with Gasteiger partial charge in [-0.15, -0.1) is 0 Å². The average Bonchev–Trinajstić information content (AvgIpc) is 2.32. The molecule has 1 rings (SSSR count). The molecule has 0 aromatic rings. The third-order valence-electron chi connectivity index (χ3n) is 2.88. The van der Waals surface area contributed by atoms with Gasteiger partial charge >= 0.3 is 0 Å². The Morgan fingerprint density at radius 1 is 1.69 bits per heavy atom. The highest BCUT2D eigenvalue weighted by molar-refractivity contribution is 4.94. The Hall–Kier alpha value is -0.120. The van der Waals surface area contributed by atoms with Crippen molar-refractivity contribution in [3.63, 3.8) is 0 Å². The van der Waals surface area contributed by atoms with Gasteiger partial charge in [-0.3, -0.25) is 0 Å². The van der Waals surface area contributed by atoms with E-state index >= 15 is 0 Å². The molecule has 0 radical (unpaired) electrons. The van der Waals surface area contributed by atoms with Gasteiger partial charge in [0, 0.05) is 25.3 Å². The Kier molecular flexibility index (Phi) is 3.71. The summed E-state index contributed by atoms with van der Waals surface area (Å²) in [6.45, 7) is 8.10. The van der Waals surface area contributed by atoms with E-state index in [9.17, 15) is 0 Å². The summed E-state index contributed by atoms with van der Waals surface area (Å²) in [7, 11) is 1.73. The molecule has 3 heteroatoms. The van der Waals surface area contributed by atoms with E-state index < -0.39 is 0 Å².